The molecule has 2 amide bonds. The summed E-state index contributed by atoms with van der Waals surface area (Å²) in [6, 6.07) is 22.7. The third-order valence-corrected chi connectivity index (χ3v) is 6.94. The molecule has 8 heteroatoms. The highest BCUT2D eigenvalue weighted by Crippen LogP contribution is 2.31. The van der Waals surface area contributed by atoms with Crippen LogP contribution in [0, 0.1) is 0 Å². The van der Waals surface area contributed by atoms with Crippen LogP contribution >= 0.6 is 23.1 Å². The second kappa shape index (κ2) is 11.0. The van der Waals surface area contributed by atoms with Gasteiger partial charge < -0.3 is 15.4 Å². The van der Waals surface area contributed by atoms with E-state index in [0.717, 1.165) is 21.2 Å². The predicted molar refractivity (Wildman–Crippen MR) is 134 cm³/mol. The van der Waals surface area contributed by atoms with Crippen LogP contribution < -0.4 is 15.4 Å². The largest absolute Gasteiger partial charge is 0.484 e. The highest BCUT2D eigenvalue weighted by atomic mass is 32.2. The number of anilines is 1. The van der Waals surface area contributed by atoms with Gasteiger partial charge in [-0.05, 0) is 48.9 Å². The van der Waals surface area contributed by atoms with E-state index in [1.165, 1.54) is 4.70 Å². The number of aromatic nitrogens is 1. The minimum atomic E-state index is -0.207. The number of ether oxygens (including phenoxy) is 1. The van der Waals surface area contributed by atoms with Crippen LogP contribution in [0.15, 0.2) is 77.1 Å². The molecule has 0 bridgehead atoms. The number of rotatable bonds is 9. The van der Waals surface area contributed by atoms with Crippen molar-refractivity contribution in [2.45, 2.75) is 17.0 Å². The highest BCUT2D eigenvalue weighted by Gasteiger charge is 2.09. The lowest BCUT2D eigenvalue weighted by atomic mass is 10.1. The fourth-order valence-electron chi connectivity index (χ4n) is 3.07. The van der Waals surface area contributed by atoms with E-state index in [1.54, 1.807) is 47.4 Å². The number of hydrogen-bond donors (Lipinski definition) is 2. The molecule has 0 aliphatic heterocycles. The molecule has 3 aromatic carbocycles. The Balaban J connectivity index is 1.31. The summed E-state index contributed by atoms with van der Waals surface area (Å²) in [4.78, 5) is 28.8. The summed E-state index contributed by atoms with van der Waals surface area (Å²) in [5.41, 5.74) is 3.31. The van der Waals surface area contributed by atoms with Gasteiger partial charge >= 0.3 is 0 Å². The fourth-order valence-corrected chi connectivity index (χ4v) is 5.10. The minimum absolute atomic E-state index is 0.0677. The van der Waals surface area contributed by atoms with Crippen molar-refractivity contribution in [1.82, 2.24) is 10.3 Å². The molecule has 0 saturated heterocycles. The van der Waals surface area contributed by atoms with E-state index >= 15 is 0 Å². The molecular weight excluding hydrogens is 454 g/mol. The molecule has 0 radical (unpaired) electrons. The van der Waals surface area contributed by atoms with Crippen molar-refractivity contribution in [3.63, 3.8) is 0 Å². The number of nitrogens with one attached hydrogen (secondary N) is 2. The normalized spacial score (nSPS) is 10.7. The Hall–Kier alpha value is -3.36. The lowest BCUT2D eigenvalue weighted by molar-refractivity contribution is -0.122. The van der Waals surface area contributed by atoms with Crippen LogP contribution in [0.5, 0.6) is 5.75 Å². The molecule has 0 spiro atoms. The number of thioether (sulfide) groups is 1. The molecule has 168 valence electrons. The standard InChI is InChI=1S/C25H23N3O3S2/c1-2-26-23(29)15-31-20-7-5-6-19(14-20)27-24(30)18-12-10-17(11-13-18)16-32-25-28-21-8-3-4-9-22(21)33-25/h3-14H,2,15-16H2,1H3,(H,26,29)(H,27,30). The summed E-state index contributed by atoms with van der Waals surface area (Å²) in [7, 11) is 0. The van der Waals surface area contributed by atoms with Crippen molar-refractivity contribution in [2.75, 3.05) is 18.5 Å². The lowest BCUT2D eigenvalue weighted by Gasteiger charge is -2.09. The number of carbonyl (C=O) groups is 2. The van der Waals surface area contributed by atoms with Crippen molar-refractivity contribution < 1.29 is 14.3 Å². The number of hydrogen-bond acceptors (Lipinski definition) is 6. The average Bonchev–Trinajstić information content (AvgIpc) is 3.25. The van der Waals surface area contributed by atoms with Crippen LogP contribution in [0.25, 0.3) is 10.2 Å². The van der Waals surface area contributed by atoms with Crippen molar-refractivity contribution in [3.8, 4) is 5.75 Å². The number of thiazole rings is 1. The Labute approximate surface area is 200 Å². The molecule has 0 unspecified atom stereocenters. The predicted octanol–water partition coefficient (Wildman–Crippen LogP) is 5.36. The Morgan fingerprint density at radius 1 is 1.03 bits per heavy atom. The third-order valence-electron chi connectivity index (χ3n) is 4.69. The molecule has 1 aromatic heterocycles. The van der Waals surface area contributed by atoms with E-state index in [-0.39, 0.29) is 18.4 Å². The maximum absolute atomic E-state index is 12.6. The Kier molecular flexibility index (Phi) is 7.59. The highest BCUT2D eigenvalue weighted by molar-refractivity contribution is 8.00. The minimum Gasteiger partial charge on any atom is -0.484 e. The molecular formula is C25H23N3O3S2. The first kappa shape index (κ1) is 22.8. The summed E-state index contributed by atoms with van der Waals surface area (Å²) in [6.45, 7) is 2.33. The van der Waals surface area contributed by atoms with E-state index in [1.807, 2.05) is 49.4 Å². The SMILES string of the molecule is CCNC(=O)COc1cccc(NC(=O)c2ccc(CSc3nc4ccccc4s3)cc2)c1. The monoisotopic (exact) mass is 477 g/mol. The van der Waals surface area contributed by atoms with Gasteiger partial charge in [-0.1, -0.05) is 42.1 Å². The number of para-hydroxylation sites is 1. The van der Waals surface area contributed by atoms with Gasteiger partial charge in [-0.3, -0.25) is 9.59 Å². The van der Waals surface area contributed by atoms with Crippen LogP contribution in [0.1, 0.15) is 22.8 Å². The second-order valence-corrected chi connectivity index (χ2v) is 9.41. The summed E-state index contributed by atoms with van der Waals surface area (Å²) in [5.74, 6) is 0.906. The Morgan fingerprint density at radius 2 is 1.85 bits per heavy atom. The molecule has 0 aliphatic rings. The second-order valence-electron chi connectivity index (χ2n) is 7.16. The van der Waals surface area contributed by atoms with Crippen molar-refractivity contribution in [2.24, 2.45) is 0 Å². The van der Waals surface area contributed by atoms with Crippen molar-refractivity contribution >= 4 is 50.8 Å². The molecule has 0 atom stereocenters. The van der Waals surface area contributed by atoms with Gasteiger partial charge in [0.15, 0.2) is 10.9 Å². The molecule has 4 rings (SSSR count). The third kappa shape index (κ3) is 6.34. The zero-order valence-corrected chi connectivity index (χ0v) is 19.7. The van der Waals surface area contributed by atoms with Gasteiger partial charge in [0.25, 0.3) is 11.8 Å². The van der Waals surface area contributed by atoms with Crippen LogP contribution in [-0.4, -0.2) is 29.9 Å². The molecule has 0 saturated carbocycles. The summed E-state index contributed by atoms with van der Waals surface area (Å²) in [6.07, 6.45) is 0. The van der Waals surface area contributed by atoms with Crippen LogP contribution in [0.4, 0.5) is 5.69 Å². The Morgan fingerprint density at radius 3 is 2.64 bits per heavy atom. The molecule has 4 aromatic rings. The van der Waals surface area contributed by atoms with E-state index in [4.69, 9.17) is 4.74 Å². The first-order valence-corrected chi connectivity index (χ1v) is 12.3. The van der Waals surface area contributed by atoms with E-state index in [2.05, 4.69) is 21.7 Å². The average molecular weight is 478 g/mol. The Bertz CT molecular complexity index is 1220. The molecule has 2 N–H and O–H groups in total. The van der Waals surface area contributed by atoms with Gasteiger partial charge in [0, 0.05) is 29.6 Å². The van der Waals surface area contributed by atoms with Crippen molar-refractivity contribution in [1.29, 1.82) is 0 Å². The summed E-state index contributed by atoms with van der Waals surface area (Å²) >= 11 is 3.38. The number of amides is 2. The van der Waals surface area contributed by atoms with Gasteiger partial charge in [-0.2, -0.15) is 0 Å². The molecule has 33 heavy (non-hydrogen) atoms. The number of fused-ring (bicyclic) bond motifs is 1. The first-order chi connectivity index (χ1) is 16.1. The van der Waals surface area contributed by atoms with E-state index < -0.39 is 0 Å². The van der Waals surface area contributed by atoms with Crippen LogP contribution in [0.3, 0.4) is 0 Å². The fraction of sp³-hybridized carbons (Fsp3) is 0.160. The maximum atomic E-state index is 12.6. The van der Waals surface area contributed by atoms with Crippen molar-refractivity contribution in [3.05, 3.63) is 83.9 Å². The summed E-state index contributed by atoms with van der Waals surface area (Å²) in [5, 5.41) is 5.55. The maximum Gasteiger partial charge on any atom is 0.257 e. The summed E-state index contributed by atoms with van der Waals surface area (Å²) < 4.78 is 7.70. The van der Waals surface area contributed by atoms with Gasteiger partial charge in [0.1, 0.15) is 5.75 Å². The molecule has 6 nitrogen and oxygen atoms in total. The van der Waals surface area contributed by atoms with Crippen LogP contribution in [-0.2, 0) is 10.5 Å². The van der Waals surface area contributed by atoms with Gasteiger partial charge in [0.05, 0.1) is 10.2 Å². The van der Waals surface area contributed by atoms with Crippen LogP contribution in [0.2, 0.25) is 0 Å². The molecule has 1 heterocycles. The zero-order chi connectivity index (χ0) is 23.0. The number of likely N-dealkylation sites (N-methyl/N-ethyl adjacent to an activating group) is 1. The van der Waals surface area contributed by atoms with Gasteiger partial charge in [0.2, 0.25) is 0 Å². The quantitative estimate of drug-likeness (QED) is 0.318. The molecule has 0 aliphatic carbocycles. The number of benzene rings is 3. The topological polar surface area (TPSA) is 80.3 Å². The number of nitrogens with zero attached hydrogens (tertiary/aromatic N) is 1. The first-order valence-electron chi connectivity index (χ1n) is 10.5. The zero-order valence-electron chi connectivity index (χ0n) is 18.0. The van der Waals surface area contributed by atoms with E-state index in [0.29, 0.717) is 23.5 Å². The number of carbonyl (C=O) groups excluding carboxylic acids is 2. The van der Waals surface area contributed by atoms with Gasteiger partial charge in [-0.15, -0.1) is 11.3 Å². The molecule has 0 fully saturated rings. The van der Waals surface area contributed by atoms with Gasteiger partial charge in [-0.25, -0.2) is 4.98 Å². The lowest BCUT2D eigenvalue weighted by Crippen LogP contribution is -2.28. The smallest absolute Gasteiger partial charge is 0.257 e. The van der Waals surface area contributed by atoms with E-state index in [9.17, 15) is 9.59 Å².